The molecule has 2 saturated carbocycles. The molecule has 0 heterocycles. The Kier molecular flexibility index (Phi) is 5.12. The largest absolute Gasteiger partial charge is 0.456 e. The van der Waals surface area contributed by atoms with Gasteiger partial charge in [-0.2, -0.15) is 0 Å². The Morgan fingerprint density at radius 1 is 1.22 bits per heavy atom. The highest BCUT2D eigenvalue weighted by molar-refractivity contribution is 6.35. The molecule has 0 saturated heterocycles. The van der Waals surface area contributed by atoms with Gasteiger partial charge in [-0.3, -0.25) is 9.59 Å². The maximum absolute atomic E-state index is 11.9. The van der Waals surface area contributed by atoms with E-state index in [0.717, 1.165) is 12.3 Å². The molecule has 2 aliphatic carbocycles. The molecule has 2 bridgehead atoms. The highest BCUT2D eigenvalue weighted by Crippen LogP contribution is 2.49. The van der Waals surface area contributed by atoms with E-state index in [1.807, 2.05) is 0 Å². The lowest BCUT2D eigenvalue weighted by molar-refractivity contribution is -0.148. The van der Waals surface area contributed by atoms with Crippen molar-refractivity contribution in [3.8, 4) is 0 Å². The van der Waals surface area contributed by atoms with Gasteiger partial charge in [0.15, 0.2) is 6.61 Å². The molecule has 23 heavy (non-hydrogen) atoms. The van der Waals surface area contributed by atoms with Crippen LogP contribution in [-0.4, -0.2) is 18.5 Å². The van der Waals surface area contributed by atoms with Gasteiger partial charge in [-0.25, -0.2) is 0 Å². The number of carbonyl (C=O) groups is 2. The molecule has 3 atom stereocenters. The maximum atomic E-state index is 11.9. The summed E-state index contributed by atoms with van der Waals surface area (Å²) in [4.78, 5) is 23.8. The lowest BCUT2D eigenvalue weighted by atomic mass is 9.86. The van der Waals surface area contributed by atoms with Gasteiger partial charge in [0.2, 0.25) is 0 Å². The fourth-order valence-electron chi connectivity index (χ4n) is 3.83. The first-order valence-corrected chi connectivity index (χ1v) is 8.67. The fourth-order valence-corrected chi connectivity index (χ4v) is 4.16. The molecule has 2 aliphatic rings. The second-order valence-corrected chi connectivity index (χ2v) is 7.32. The first-order chi connectivity index (χ1) is 11.0. The van der Waals surface area contributed by atoms with Crippen molar-refractivity contribution in [1.29, 1.82) is 0 Å². The zero-order valence-electron chi connectivity index (χ0n) is 12.7. The number of hydrogen-bond acceptors (Lipinski definition) is 3. The number of fused-ring (bicyclic) bond motifs is 2. The van der Waals surface area contributed by atoms with Crippen LogP contribution in [0.4, 0.5) is 5.69 Å². The number of amides is 1. The number of benzene rings is 1. The predicted octanol–water partition coefficient (Wildman–Crippen LogP) is 4.30. The summed E-state index contributed by atoms with van der Waals surface area (Å²) < 4.78 is 5.09. The van der Waals surface area contributed by atoms with Gasteiger partial charge >= 0.3 is 5.97 Å². The van der Waals surface area contributed by atoms with Crippen molar-refractivity contribution in [1.82, 2.24) is 0 Å². The quantitative estimate of drug-likeness (QED) is 0.801. The van der Waals surface area contributed by atoms with Crippen LogP contribution in [-0.2, 0) is 14.3 Å². The molecule has 0 radical (unpaired) electrons. The lowest BCUT2D eigenvalue weighted by Gasteiger charge is -2.20. The molecule has 124 valence electrons. The van der Waals surface area contributed by atoms with Crippen LogP contribution in [0.5, 0.6) is 0 Å². The van der Waals surface area contributed by atoms with Crippen molar-refractivity contribution < 1.29 is 14.3 Å². The van der Waals surface area contributed by atoms with Gasteiger partial charge in [-0.05, 0) is 55.2 Å². The Morgan fingerprint density at radius 2 is 2.04 bits per heavy atom. The standard InChI is InChI=1S/C17H19Cl2NO3/c18-13-3-4-14(19)15(8-13)20-16(21)9-23-17(22)7-12-6-10-1-2-11(12)5-10/h3-4,8,10-12H,1-2,5-7,9H2,(H,20,21)/t10-,11-,12+/m1/s1. The van der Waals surface area contributed by atoms with Gasteiger partial charge < -0.3 is 10.1 Å². The molecule has 0 spiro atoms. The normalized spacial score (nSPS) is 25.4. The molecule has 1 aromatic carbocycles. The Morgan fingerprint density at radius 3 is 2.74 bits per heavy atom. The molecule has 6 heteroatoms. The summed E-state index contributed by atoms with van der Waals surface area (Å²) in [6.45, 7) is -0.303. The summed E-state index contributed by atoms with van der Waals surface area (Å²) in [5.74, 6) is 1.19. The zero-order valence-corrected chi connectivity index (χ0v) is 14.2. The van der Waals surface area contributed by atoms with E-state index in [9.17, 15) is 9.59 Å². The van der Waals surface area contributed by atoms with Gasteiger partial charge in [0.25, 0.3) is 5.91 Å². The Bertz CT molecular complexity index is 620. The summed E-state index contributed by atoms with van der Waals surface area (Å²) in [6, 6.07) is 4.79. The second-order valence-electron chi connectivity index (χ2n) is 6.47. The fraction of sp³-hybridized carbons (Fsp3) is 0.529. The van der Waals surface area contributed by atoms with Crippen molar-refractivity contribution in [2.75, 3.05) is 11.9 Å². The van der Waals surface area contributed by atoms with E-state index in [0.29, 0.717) is 34.0 Å². The molecular weight excluding hydrogens is 337 g/mol. The molecule has 1 amide bonds. The lowest BCUT2D eigenvalue weighted by Crippen LogP contribution is -2.23. The molecule has 0 unspecified atom stereocenters. The van der Waals surface area contributed by atoms with Crippen molar-refractivity contribution in [3.05, 3.63) is 28.2 Å². The SMILES string of the molecule is O=C(COC(=O)C[C@@H]1C[C@@H]2CC[C@@H]1C2)Nc1cc(Cl)ccc1Cl. The molecule has 2 fully saturated rings. The van der Waals surface area contributed by atoms with Crippen LogP contribution in [0, 0.1) is 17.8 Å². The van der Waals surface area contributed by atoms with Crippen molar-refractivity contribution in [3.63, 3.8) is 0 Å². The Labute approximate surface area is 145 Å². The third kappa shape index (κ3) is 4.18. The topological polar surface area (TPSA) is 55.4 Å². The summed E-state index contributed by atoms with van der Waals surface area (Å²) in [6.07, 6.45) is 5.34. The average Bonchev–Trinajstić information content (AvgIpc) is 3.11. The van der Waals surface area contributed by atoms with E-state index in [1.165, 1.54) is 19.3 Å². The number of ether oxygens (including phenoxy) is 1. The van der Waals surface area contributed by atoms with Crippen molar-refractivity contribution in [2.45, 2.75) is 32.1 Å². The second kappa shape index (κ2) is 7.10. The Balaban J connectivity index is 1.43. The molecule has 4 nitrogen and oxygen atoms in total. The maximum Gasteiger partial charge on any atom is 0.306 e. The minimum Gasteiger partial charge on any atom is -0.456 e. The van der Waals surface area contributed by atoms with E-state index >= 15 is 0 Å². The van der Waals surface area contributed by atoms with Gasteiger partial charge in [-0.1, -0.05) is 29.6 Å². The Hall–Kier alpha value is -1.26. The van der Waals surface area contributed by atoms with E-state index in [4.69, 9.17) is 27.9 Å². The number of nitrogens with one attached hydrogen (secondary N) is 1. The van der Waals surface area contributed by atoms with Gasteiger partial charge in [-0.15, -0.1) is 0 Å². The third-order valence-corrected chi connectivity index (χ3v) is 5.44. The van der Waals surface area contributed by atoms with Gasteiger partial charge in [0.05, 0.1) is 10.7 Å². The minimum absolute atomic E-state index is 0.296. The number of halogens is 2. The highest BCUT2D eigenvalue weighted by Gasteiger charge is 2.40. The summed E-state index contributed by atoms with van der Waals surface area (Å²) in [5.41, 5.74) is 0.410. The summed E-state index contributed by atoms with van der Waals surface area (Å²) >= 11 is 11.8. The third-order valence-electron chi connectivity index (χ3n) is 4.88. The van der Waals surface area contributed by atoms with Crippen LogP contribution in [0.1, 0.15) is 32.1 Å². The molecular formula is C17H19Cl2NO3. The van der Waals surface area contributed by atoms with Gasteiger partial charge in [0.1, 0.15) is 0 Å². The van der Waals surface area contributed by atoms with Crippen molar-refractivity contribution in [2.24, 2.45) is 17.8 Å². The van der Waals surface area contributed by atoms with Crippen LogP contribution in [0.25, 0.3) is 0 Å². The number of carbonyl (C=O) groups excluding carboxylic acids is 2. The minimum atomic E-state index is -0.421. The van der Waals surface area contributed by atoms with E-state index in [2.05, 4.69) is 5.32 Å². The molecule has 1 aromatic rings. The van der Waals surface area contributed by atoms with Crippen LogP contribution < -0.4 is 5.32 Å². The smallest absolute Gasteiger partial charge is 0.306 e. The number of anilines is 1. The van der Waals surface area contributed by atoms with Crippen LogP contribution in [0.15, 0.2) is 18.2 Å². The first kappa shape index (κ1) is 16.6. The highest BCUT2D eigenvalue weighted by atomic mass is 35.5. The molecule has 0 aliphatic heterocycles. The van der Waals surface area contributed by atoms with E-state index < -0.39 is 5.91 Å². The predicted molar refractivity (Wildman–Crippen MR) is 89.6 cm³/mol. The first-order valence-electron chi connectivity index (χ1n) is 7.92. The van der Waals surface area contributed by atoms with E-state index in [1.54, 1.807) is 18.2 Å². The van der Waals surface area contributed by atoms with Crippen LogP contribution in [0.2, 0.25) is 10.0 Å². The van der Waals surface area contributed by atoms with E-state index in [-0.39, 0.29) is 12.6 Å². The van der Waals surface area contributed by atoms with Crippen LogP contribution in [0.3, 0.4) is 0 Å². The van der Waals surface area contributed by atoms with Crippen LogP contribution >= 0.6 is 23.2 Å². The monoisotopic (exact) mass is 355 g/mol. The average molecular weight is 356 g/mol. The summed E-state index contributed by atoms with van der Waals surface area (Å²) in [5, 5.41) is 3.45. The van der Waals surface area contributed by atoms with Gasteiger partial charge in [0, 0.05) is 11.4 Å². The zero-order chi connectivity index (χ0) is 16.4. The number of hydrogen-bond donors (Lipinski definition) is 1. The van der Waals surface area contributed by atoms with Crippen molar-refractivity contribution >= 4 is 40.8 Å². The molecule has 0 aromatic heterocycles. The summed E-state index contributed by atoms with van der Waals surface area (Å²) in [7, 11) is 0. The molecule has 1 N–H and O–H groups in total. The number of esters is 1. The molecule has 3 rings (SSSR count). The number of rotatable bonds is 5.